The maximum atomic E-state index is 12.3. The third-order valence-electron chi connectivity index (χ3n) is 4.88. The summed E-state index contributed by atoms with van der Waals surface area (Å²) in [5.41, 5.74) is 0.294. The number of nitrogens with zero attached hydrogens (tertiary/aromatic N) is 3. The van der Waals surface area contributed by atoms with Crippen LogP contribution in [0, 0.1) is 13.8 Å². The molecule has 2 aliphatic heterocycles. The van der Waals surface area contributed by atoms with Crippen LogP contribution in [0.15, 0.2) is 21.7 Å². The minimum atomic E-state index is -5.20. The first-order valence-corrected chi connectivity index (χ1v) is 10.7. The fraction of sp³-hybridized carbons (Fsp3) is 0.412. The van der Waals surface area contributed by atoms with Crippen LogP contribution in [0.25, 0.3) is 22.6 Å². The molecule has 0 bridgehead atoms. The van der Waals surface area contributed by atoms with E-state index in [9.17, 15) is 34.6 Å². The number of aromatic nitrogens is 4. The van der Waals surface area contributed by atoms with Crippen LogP contribution in [0.4, 0.5) is 0 Å². The van der Waals surface area contributed by atoms with Gasteiger partial charge >= 0.3 is 43.1 Å². The van der Waals surface area contributed by atoms with Gasteiger partial charge in [0.2, 0.25) is 0 Å². The maximum absolute atomic E-state index is 12.3. The number of rotatable bonds is 7. The molecule has 0 amide bonds. The summed E-state index contributed by atoms with van der Waals surface area (Å²) < 4.78 is 16.0. The van der Waals surface area contributed by atoms with Crippen molar-refractivity contribution in [2.24, 2.45) is 0 Å². The number of phosphoric acid groups is 1. The summed E-state index contributed by atoms with van der Waals surface area (Å²) in [6.45, 7) is 3.05. The molecule has 16 heteroatoms. The molecule has 2 heterocycles. The first-order valence-electron chi connectivity index (χ1n) is 9.16. The van der Waals surface area contributed by atoms with Gasteiger partial charge in [0.25, 0.3) is 5.56 Å². The van der Waals surface area contributed by atoms with Crippen molar-refractivity contribution in [3.63, 3.8) is 0 Å². The number of aliphatic hydroxyl groups excluding tert-OH is 4. The van der Waals surface area contributed by atoms with Crippen LogP contribution in [0.1, 0.15) is 11.1 Å². The fourth-order valence-corrected chi connectivity index (χ4v) is 3.54. The first-order chi connectivity index (χ1) is 14.8. The first kappa shape index (κ1) is 27.7. The third kappa shape index (κ3) is 6.12. The number of H-pyrrole nitrogens is 1. The Hall–Kier alpha value is -1.55. The number of aryl methyl sites for hydroxylation is 2. The summed E-state index contributed by atoms with van der Waals surface area (Å²) in [6.07, 6.45) is -8.84. The molecule has 0 aliphatic carbocycles. The van der Waals surface area contributed by atoms with Gasteiger partial charge in [-0.3, -0.25) is 14.3 Å². The van der Waals surface area contributed by atoms with Gasteiger partial charge in [0, 0.05) is 0 Å². The average Bonchev–Trinajstić information content (AvgIpc) is 2.67. The van der Waals surface area contributed by atoms with Gasteiger partial charge in [0.15, 0.2) is 17.8 Å². The summed E-state index contributed by atoms with van der Waals surface area (Å²) in [5.74, 6) is -0.206. The Morgan fingerprint density at radius 3 is 2.27 bits per heavy atom. The van der Waals surface area contributed by atoms with Crippen LogP contribution in [0.5, 0.6) is 0 Å². The van der Waals surface area contributed by atoms with E-state index in [1.54, 1.807) is 19.1 Å². The molecule has 0 spiro atoms. The van der Waals surface area contributed by atoms with Gasteiger partial charge in [-0.2, -0.15) is 4.98 Å². The Morgan fingerprint density at radius 1 is 1.06 bits per heavy atom. The van der Waals surface area contributed by atoms with Crippen LogP contribution in [-0.2, 0) is 15.6 Å². The van der Waals surface area contributed by atoms with Crippen LogP contribution < -0.4 is 11.2 Å². The van der Waals surface area contributed by atoms with Crippen LogP contribution >= 0.6 is 7.82 Å². The Kier molecular flexibility index (Phi) is 8.71. The van der Waals surface area contributed by atoms with Gasteiger partial charge in [0.05, 0.1) is 17.6 Å². The zero-order chi connectivity index (χ0) is 24.0. The summed E-state index contributed by atoms with van der Waals surface area (Å²) in [6, 6.07) is 3.33. The number of aliphatic hydroxyl groups is 4. The summed E-state index contributed by atoms with van der Waals surface area (Å²) in [4.78, 5) is 51.4. The topological polar surface area (TPSA) is 228 Å². The number of benzene rings is 1. The second-order valence-corrected chi connectivity index (χ2v) is 8.42. The molecule has 0 aromatic heterocycles. The SMILES string of the molecule is Cc1cc2nc3c(=O)[nH]c(=O)nc-3n(C[C@@H](O)[C@@H](O)[C@@H](O)C(O)OP(=O)(O)O)c2cc1C.[NaH]. The summed E-state index contributed by atoms with van der Waals surface area (Å²) in [7, 11) is -5.20. The molecule has 3 rings (SSSR count). The molecule has 0 saturated heterocycles. The van der Waals surface area contributed by atoms with Crippen molar-refractivity contribution >= 4 is 48.4 Å². The molecule has 1 aromatic carbocycles. The zero-order valence-corrected chi connectivity index (χ0v) is 17.7. The van der Waals surface area contributed by atoms with Crippen LogP contribution in [0.3, 0.4) is 0 Å². The zero-order valence-electron chi connectivity index (χ0n) is 16.8. The summed E-state index contributed by atoms with van der Waals surface area (Å²) in [5, 5.41) is 40.2. The van der Waals surface area contributed by atoms with E-state index in [-0.39, 0.29) is 41.1 Å². The molecule has 33 heavy (non-hydrogen) atoms. The number of hydrogen-bond acceptors (Lipinski definition) is 10. The van der Waals surface area contributed by atoms with Crippen LogP contribution in [0.2, 0.25) is 0 Å². The van der Waals surface area contributed by atoms with Crippen molar-refractivity contribution in [3.8, 4) is 11.5 Å². The predicted molar refractivity (Wildman–Crippen MR) is 115 cm³/mol. The number of nitrogens with one attached hydrogen (secondary N) is 1. The van der Waals surface area contributed by atoms with E-state index in [1.807, 2.05) is 11.9 Å². The van der Waals surface area contributed by atoms with Crippen LogP contribution in [-0.4, -0.2) is 104 Å². The number of hydrogen-bond donors (Lipinski definition) is 7. The quantitative estimate of drug-likeness (QED) is 0.0754. The van der Waals surface area contributed by atoms with E-state index >= 15 is 0 Å². The van der Waals surface area contributed by atoms with Crippen molar-refractivity contribution in [2.45, 2.75) is 45.0 Å². The van der Waals surface area contributed by atoms with E-state index in [1.165, 1.54) is 4.57 Å². The van der Waals surface area contributed by atoms with Gasteiger partial charge in [0.1, 0.15) is 18.3 Å². The number of phosphoric ester groups is 1. The van der Waals surface area contributed by atoms with Crippen molar-refractivity contribution in [1.29, 1.82) is 0 Å². The molecule has 0 radical (unpaired) electrons. The van der Waals surface area contributed by atoms with E-state index in [2.05, 4.69) is 14.5 Å². The predicted octanol–water partition coefficient (Wildman–Crippen LogP) is -2.94. The van der Waals surface area contributed by atoms with Gasteiger partial charge < -0.3 is 34.8 Å². The molecule has 14 nitrogen and oxygen atoms in total. The number of aromatic amines is 1. The second-order valence-electron chi connectivity index (χ2n) is 7.23. The fourth-order valence-electron chi connectivity index (χ4n) is 3.13. The monoisotopic (exact) mass is 496 g/mol. The van der Waals surface area contributed by atoms with E-state index in [0.717, 1.165) is 11.1 Å². The molecule has 0 saturated carbocycles. The van der Waals surface area contributed by atoms with Gasteiger partial charge in [-0.15, -0.1) is 0 Å². The average molecular weight is 496 g/mol. The normalized spacial score (nSPS) is 15.8. The Morgan fingerprint density at radius 2 is 1.67 bits per heavy atom. The molecule has 1 aromatic rings. The molecular weight excluding hydrogens is 474 g/mol. The van der Waals surface area contributed by atoms with Crippen molar-refractivity contribution in [3.05, 3.63) is 44.1 Å². The molecule has 1 unspecified atom stereocenters. The number of fused-ring (bicyclic) bond motifs is 2. The van der Waals surface area contributed by atoms with Gasteiger partial charge in [-0.1, -0.05) is 0 Å². The third-order valence-corrected chi connectivity index (χ3v) is 5.37. The molecule has 0 fully saturated rings. The van der Waals surface area contributed by atoms with Crippen molar-refractivity contribution < 1.29 is 39.3 Å². The molecule has 7 N–H and O–H groups in total. The molecule has 176 valence electrons. The van der Waals surface area contributed by atoms with E-state index < -0.39 is 50.2 Å². The summed E-state index contributed by atoms with van der Waals surface area (Å²) >= 11 is 0. The molecular formula is C17H22N4NaO10P. The molecule has 4 atom stereocenters. The van der Waals surface area contributed by atoms with Crippen molar-refractivity contribution in [1.82, 2.24) is 19.5 Å². The minimum absolute atomic E-state index is 0. The van der Waals surface area contributed by atoms with E-state index in [0.29, 0.717) is 11.0 Å². The Balaban J connectivity index is 0.00000385. The van der Waals surface area contributed by atoms with E-state index in [4.69, 9.17) is 9.79 Å². The second kappa shape index (κ2) is 10.4. The van der Waals surface area contributed by atoms with Gasteiger partial charge in [-0.25, -0.2) is 14.3 Å². The molecule has 2 aliphatic rings. The Bertz CT molecular complexity index is 1290. The van der Waals surface area contributed by atoms with Gasteiger partial charge in [-0.05, 0) is 37.1 Å². The Labute approximate surface area is 207 Å². The van der Waals surface area contributed by atoms with Crippen molar-refractivity contribution in [2.75, 3.05) is 0 Å². The standard InChI is InChI=1S/C17H21N4O10P.Na.H/c1-6-3-8-9(4-7(6)2)21(14-11(18-8)15(25)20-17(27)19-14)5-10(22)12(23)13(24)16(26)31-32(28,29)30;;/h3-4,10,12-13,16,22-24,26H,5H2,1-2H3,(H,20,25,27)(H2,28,29,30);;/t10-,12-,13-,16?;;/m1../s1.